The number of carbonyl (C=O) groups excluding carboxylic acids is 2. The number of nitrogens with one attached hydrogen (secondary N) is 1. The van der Waals surface area contributed by atoms with Crippen molar-refractivity contribution >= 4 is 22.5 Å². The predicted molar refractivity (Wildman–Crippen MR) is 67.0 cm³/mol. The van der Waals surface area contributed by atoms with Crippen molar-refractivity contribution in [3.8, 4) is 0 Å². The number of hydrogen-bond donors (Lipinski definition) is 1. The molecule has 1 amide bonds. The Bertz CT molecular complexity index is 570. The zero-order valence-electron chi connectivity index (χ0n) is 9.57. The van der Waals surface area contributed by atoms with Crippen LogP contribution in [0, 0.1) is 0 Å². The van der Waals surface area contributed by atoms with Gasteiger partial charge in [0.25, 0.3) is 5.91 Å². The molecule has 0 atom stereocenters. The van der Waals surface area contributed by atoms with Crippen LogP contribution in [0.4, 0.5) is 0 Å². The lowest BCUT2D eigenvalue weighted by Crippen LogP contribution is -2.28. The van der Waals surface area contributed by atoms with Gasteiger partial charge in [0.05, 0.1) is 6.54 Å². The number of amides is 1. The van der Waals surface area contributed by atoms with Gasteiger partial charge in [0, 0.05) is 5.56 Å². The first-order valence-corrected chi connectivity index (χ1v) is 5.44. The Morgan fingerprint density at radius 1 is 1.06 bits per heavy atom. The maximum absolute atomic E-state index is 11.9. The van der Waals surface area contributed by atoms with Gasteiger partial charge in [-0.05, 0) is 23.8 Å². The summed E-state index contributed by atoms with van der Waals surface area (Å²) in [5, 5.41) is 4.52. The number of fused-ring (bicyclic) bond motifs is 1. The van der Waals surface area contributed by atoms with Crippen molar-refractivity contribution in [2.75, 3.05) is 6.54 Å². The van der Waals surface area contributed by atoms with E-state index in [1.807, 2.05) is 36.4 Å². The first kappa shape index (κ1) is 11.3. The van der Waals surface area contributed by atoms with Gasteiger partial charge in [0.2, 0.25) is 0 Å². The van der Waals surface area contributed by atoms with Crippen LogP contribution in [0.3, 0.4) is 0 Å². The van der Waals surface area contributed by atoms with E-state index in [1.54, 1.807) is 6.07 Å². The molecule has 0 aromatic heterocycles. The van der Waals surface area contributed by atoms with Gasteiger partial charge in [-0.2, -0.15) is 0 Å². The summed E-state index contributed by atoms with van der Waals surface area (Å²) in [6, 6.07) is 13.2. The largest absolute Gasteiger partial charge is 0.345 e. The van der Waals surface area contributed by atoms with Crippen LogP contribution in [0.1, 0.15) is 17.3 Å². The van der Waals surface area contributed by atoms with Crippen LogP contribution in [0.5, 0.6) is 0 Å². The molecule has 1 N–H and O–H groups in total. The molecule has 0 spiro atoms. The van der Waals surface area contributed by atoms with E-state index < -0.39 is 0 Å². The normalized spacial score (nSPS) is 10.2. The molecule has 2 rings (SSSR count). The third-order valence-corrected chi connectivity index (χ3v) is 2.53. The molecule has 17 heavy (non-hydrogen) atoms. The Kier molecular flexibility index (Phi) is 3.19. The second-order valence-corrected chi connectivity index (χ2v) is 3.91. The molecule has 0 heterocycles. The molecule has 86 valence electrons. The van der Waals surface area contributed by atoms with Gasteiger partial charge in [0.15, 0.2) is 0 Å². The van der Waals surface area contributed by atoms with Crippen LogP contribution in [-0.4, -0.2) is 18.2 Å². The molecular weight excluding hydrogens is 214 g/mol. The van der Waals surface area contributed by atoms with Gasteiger partial charge in [-0.15, -0.1) is 0 Å². The number of rotatable bonds is 3. The van der Waals surface area contributed by atoms with Crippen LogP contribution >= 0.6 is 0 Å². The molecule has 0 aliphatic carbocycles. The van der Waals surface area contributed by atoms with Crippen LogP contribution in [-0.2, 0) is 4.79 Å². The molecule has 2 aromatic rings. The molecule has 2 aromatic carbocycles. The molecule has 0 aliphatic rings. The molecule has 0 fully saturated rings. The molecule has 0 saturated heterocycles. The summed E-state index contributed by atoms with van der Waals surface area (Å²) in [6.45, 7) is 1.52. The lowest BCUT2D eigenvalue weighted by Gasteiger charge is -2.06. The highest BCUT2D eigenvalue weighted by molar-refractivity contribution is 6.07. The molecular formula is C14H13NO2. The second-order valence-electron chi connectivity index (χ2n) is 3.91. The van der Waals surface area contributed by atoms with Crippen molar-refractivity contribution in [3.63, 3.8) is 0 Å². The van der Waals surface area contributed by atoms with Crippen molar-refractivity contribution in [2.45, 2.75) is 6.92 Å². The van der Waals surface area contributed by atoms with Gasteiger partial charge < -0.3 is 5.32 Å². The van der Waals surface area contributed by atoms with Crippen LogP contribution in [0.25, 0.3) is 10.8 Å². The topological polar surface area (TPSA) is 46.2 Å². The van der Waals surface area contributed by atoms with Crippen LogP contribution < -0.4 is 5.32 Å². The summed E-state index contributed by atoms with van der Waals surface area (Å²) in [7, 11) is 0. The Labute approximate surface area is 99.4 Å². The van der Waals surface area contributed by atoms with E-state index in [2.05, 4.69) is 5.32 Å². The highest BCUT2D eigenvalue weighted by atomic mass is 16.2. The summed E-state index contributed by atoms with van der Waals surface area (Å²) >= 11 is 0. The van der Waals surface area contributed by atoms with E-state index in [1.165, 1.54) is 6.92 Å². The molecule has 3 nitrogen and oxygen atoms in total. The van der Waals surface area contributed by atoms with Crippen molar-refractivity contribution in [2.24, 2.45) is 0 Å². The van der Waals surface area contributed by atoms with Crippen molar-refractivity contribution in [3.05, 3.63) is 48.0 Å². The van der Waals surface area contributed by atoms with E-state index in [-0.39, 0.29) is 18.2 Å². The molecule has 0 saturated carbocycles. The Hall–Kier alpha value is -2.16. The standard InChI is InChI=1S/C14H13NO2/c1-10(16)9-15-14(17)13-8-4-6-11-5-2-3-7-12(11)13/h2-8H,9H2,1H3,(H,15,17). The number of carbonyl (C=O) groups is 2. The fourth-order valence-corrected chi connectivity index (χ4v) is 1.72. The third-order valence-electron chi connectivity index (χ3n) is 2.53. The van der Waals surface area contributed by atoms with E-state index >= 15 is 0 Å². The van der Waals surface area contributed by atoms with Gasteiger partial charge in [-0.25, -0.2) is 0 Å². The van der Waals surface area contributed by atoms with Gasteiger partial charge in [0.1, 0.15) is 5.78 Å². The summed E-state index contributed by atoms with van der Waals surface area (Å²) in [5.41, 5.74) is 0.601. The zero-order chi connectivity index (χ0) is 12.3. The first-order valence-electron chi connectivity index (χ1n) is 5.44. The highest BCUT2D eigenvalue weighted by Crippen LogP contribution is 2.18. The second kappa shape index (κ2) is 4.78. The number of Topliss-reactive ketones (excluding diaryl/α,β-unsaturated/α-hetero) is 1. The Balaban J connectivity index is 2.35. The Morgan fingerprint density at radius 3 is 2.53 bits per heavy atom. The summed E-state index contributed by atoms with van der Waals surface area (Å²) in [4.78, 5) is 22.7. The lowest BCUT2D eigenvalue weighted by molar-refractivity contribution is -0.116. The molecule has 0 radical (unpaired) electrons. The van der Waals surface area contributed by atoms with Crippen LogP contribution in [0.2, 0.25) is 0 Å². The zero-order valence-corrected chi connectivity index (χ0v) is 9.57. The first-order chi connectivity index (χ1) is 8.18. The van der Waals surface area contributed by atoms with Gasteiger partial charge in [-0.1, -0.05) is 36.4 Å². The summed E-state index contributed by atoms with van der Waals surface area (Å²) in [5.74, 6) is -0.268. The average molecular weight is 227 g/mol. The number of benzene rings is 2. The lowest BCUT2D eigenvalue weighted by atomic mass is 10.0. The number of hydrogen-bond acceptors (Lipinski definition) is 2. The fraction of sp³-hybridized carbons (Fsp3) is 0.143. The molecule has 3 heteroatoms. The maximum Gasteiger partial charge on any atom is 0.252 e. The Morgan fingerprint density at radius 2 is 1.76 bits per heavy atom. The minimum atomic E-state index is -0.211. The minimum Gasteiger partial charge on any atom is -0.345 e. The fourth-order valence-electron chi connectivity index (χ4n) is 1.72. The SMILES string of the molecule is CC(=O)CNC(=O)c1cccc2ccccc12. The van der Waals surface area contributed by atoms with Crippen LogP contribution in [0.15, 0.2) is 42.5 Å². The highest BCUT2D eigenvalue weighted by Gasteiger charge is 2.09. The quantitative estimate of drug-likeness (QED) is 0.873. The van der Waals surface area contributed by atoms with Gasteiger partial charge >= 0.3 is 0 Å². The van der Waals surface area contributed by atoms with Gasteiger partial charge in [-0.3, -0.25) is 9.59 Å². The smallest absolute Gasteiger partial charge is 0.252 e. The molecule has 0 bridgehead atoms. The summed E-state index contributed by atoms with van der Waals surface area (Å²) < 4.78 is 0. The minimum absolute atomic E-state index is 0.0569. The van der Waals surface area contributed by atoms with Crippen molar-refractivity contribution < 1.29 is 9.59 Å². The van der Waals surface area contributed by atoms with Crippen molar-refractivity contribution in [1.82, 2.24) is 5.32 Å². The van der Waals surface area contributed by atoms with E-state index in [9.17, 15) is 9.59 Å². The average Bonchev–Trinajstić information content (AvgIpc) is 2.35. The number of ketones is 1. The predicted octanol–water partition coefficient (Wildman–Crippen LogP) is 2.16. The molecule has 0 aliphatic heterocycles. The maximum atomic E-state index is 11.9. The molecule has 0 unspecified atom stereocenters. The van der Waals surface area contributed by atoms with Crippen molar-refractivity contribution in [1.29, 1.82) is 0 Å². The van der Waals surface area contributed by atoms with E-state index in [4.69, 9.17) is 0 Å². The van der Waals surface area contributed by atoms with E-state index in [0.717, 1.165) is 10.8 Å². The van der Waals surface area contributed by atoms with E-state index in [0.29, 0.717) is 5.56 Å². The summed E-state index contributed by atoms with van der Waals surface area (Å²) in [6.07, 6.45) is 0. The monoisotopic (exact) mass is 227 g/mol. The third kappa shape index (κ3) is 2.50.